The number of carbonyl (C=O) groups excluding carboxylic acids is 1. The van der Waals surface area contributed by atoms with Gasteiger partial charge in [0.05, 0.1) is 11.6 Å². The summed E-state index contributed by atoms with van der Waals surface area (Å²) in [6, 6.07) is 12.6. The number of ether oxygens (including phenoxy) is 1. The second-order valence-electron chi connectivity index (χ2n) is 7.60. The summed E-state index contributed by atoms with van der Waals surface area (Å²) in [5.74, 6) is 0. The lowest BCUT2D eigenvalue weighted by atomic mass is 10.0. The van der Waals surface area contributed by atoms with E-state index in [0.717, 1.165) is 5.56 Å². The predicted molar refractivity (Wildman–Crippen MR) is 115 cm³/mol. The van der Waals surface area contributed by atoms with Crippen molar-refractivity contribution in [3.8, 4) is 0 Å². The molecule has 0 spiro atoms. The fourth-order valence-corrected chi connectivity index (χ4v) is 6.77. The summed E-state index contributed by atoms with van der Waals surface area (Å²) >= 11 is 12.2. The number of cyclic esters (lactones) is 1. The minimum Gasteiger partial charge on any atom is -0.439 e. The fourth-order valence-electron chi connectivity index (χ4n) is 4.16. The van der Waals surface area contributed by atoms with Crippen molar-refractivity contribution in [2.24, 2.45) is 0 Å². The summed E-state index contributed by atoms with van der Waals surface area (Å²) in [5, 5.41) is 0.520. The van der Waals surface area contributed by atoms with Gasteiger partial charge >= 0.3 is 6.09 Å². The van der Waals surface area contributed by atoms with Crippen molar-refractivity contribution in [2.45, 2.75) is 36.8 Å². The number of hydrogen-bond donors (Lipinski definition) is 0. The van der Waals surface area contributed by atoms with Crippen LogP contribution in [0.25, 0.3) is 0 Å². The number of hydrogen-bond acceptors (Lipinski definition) is 4. The van der Waals surface area contributed by atoms with E-state index in [1.165, 1.54) is 10.4 Å². The quantitative estimate of drug-likeness (QED) is 0.654. The Labute approximate surface area is 186 Å². The predicted octanol–water partition coefficient (Wildman–Crippen LogP) is 4.65. The van der Waals surface area contributed by atoms with Crippen LogP contribution in [0, 0.1) is 6.92 Å². The Morgan fingerprint density at radius 1 is 1.07 bits per heavy atom. The number of aryl methyl sites for hydroxylation is 1. The van der Waals surface area contributed by atoms with Gasteiger partial charge in [-0.05, 0) is 43.0 Å². The van der Waals surface area contributed by atoms with Crippen LogP contribution in [-0.4, -0.2) is 49.4 Å². The smallest absolute Gasteiger partial charge is 0.410 e. The van der Waals surface area contributed by atoms with Gasteiger partial charge in [0.2, 0.25) is 10.0 Å². The second kappa shape index (κ2) is 8.38. The molecule has 6 nitrogen and oxygen atoms in total. The van der Waals surface area contributed by atoms with E-state index in [1.807, 2.05) is 30.3 Å². The van der Waals surface area contributed by atoms with E-state index in [4.69, 9.17) is 27.9 Å². The first-order valence-corrected chi connectivity index (χ1v) is 11.9. The third-order valence-corrected chi connectivity index (χ3v) is 8.40. The molecule has 9 heteroatoms. The SMILES string of the molecule is Cc1cc(Cl)cc(Cl)c1S(=O)(=O)N1CCC(N2CC(c3ccccc3)OC2=O)CC1. The average molecular weight is 469 g/mol. The van der Waals surface area contributed by atoms with Gasteiger partial charge < -0.3 is 9.64 Å². The average Bonchev–Trinajstić information content (AvgIpc) is 3.09. The molecule has 0 aromatic heterocycles. The summed E-state index contributed by atoms with van der Waals surface area (Å²) in [7, 11) is -3.75. The number of nitrogens with zero attached hydrogens (tertiary/aromatic N) is 2. The molecular formula is C21H22Cl2N2O4S. The fraction of sp³-hybridized carbons (Fsp3) is 0.381. The number of rotatable bonds is 4. The van der Waals surface area contributed by atoms with Crippen LogP contribution in [0.2, 0.25) is 10.0 Å². The van der Waals surface area contributed by atoms with Gasteiger partial charge in [0.15, 0.2) is 0 Å². The van der Waals surface area contributed by atoms with Crippen LogP contribution < -0.4 is 0 Å². The van der Waals surface area contributed by atoms with Crippen LogP contribution >= 0.6 is 23.2 Å². The summed E-state index contributed by atoms with van der Waals surface area (Å²) in [6.45, 7) is 2.78. The minimum atomic E-state index is -3.75. The minimum absolute atomic E-state index is 0.0561. The van der Waals surface area contributed by atoms with Gasteiger partial charge in [0.1, 0.15) is 11.0 Å². The standard InChI is InChI=1S/C21H22Cl2N2O4S/c1-14-11-16(22)12-18(23)20(14)30(27,28)24-9-7-17(8-10-24)25-13-19(29-21(25)26)15-5-3-2-4-6-15/h2-6,11-12,17,19H,7-10,13H2,1H3. The van der Waals surface area contributed by atoms with Gasteiger partial charge in [-0.1, -0.05) is 53.5 Å². The topological polar surface area (TPSA) is 66.9 Å². The maximum absolute atomic E-state index is 13.2. The number of carbonyl (C=O) groups is 1. The number of amides is 1. The van der Waals surface area contributed by atoms with E-state index < -0.39 is 10.0 Å². The zero-order valence-electron chi connectivity index (χ0n) is 16.4. The van der Waals surface area contributed by atoms with Gasteiger partial charge in [-0.25, -0.2) is 13.2 Å². The van der Waals surface area contributed by atoms with Crippen molar-refractivity contribution in [1.29, 1.82) is 0 Å². The molecule has 0 radical (unpaired) electrons. The monoisotopic (exact) mass is 468 g/mol. The third kappa shape index (κ3) is 4.04. The Kier molecular flexibility index (Phi) is 5.99. The molecule has 2 aliphatic rings. The van der Waals surface area contributed by atoms with E-state index in [9.17, 15) is 13.2 Å². The summed E-state index contributed by atoms with van der Waals surface area (Å²) in [6.07, 6.45) is 0.443. The molecule has 1 amide bonds. The molecule has 1 unspecified atom stereocenters. The van der Waals surface area contributed by atoms with Crippen LogP contribution in [0.1, 0.15) is 30.1 Å². The highest BCUT2D eigenvalue weighted by Crippen LogP contribution is 2.34. The molecule has 0 saturated carbocycles. The van der Waals surface area contributed by atoms with Crippen molar-refractivity contribution in [1.82, 2.24) is 9.21 Å². The largest absolute Gasteiger partial charge is 0.439 e. The molecule has 0 N–H and O–H groups in total. The first-order chi connectivity index (χ1) is 14.3. The number of benzene rings is 2. The van der Waals surface area contributed by atoms with Crippen LogP contribution in [0.15, 0.2) is 47.4 Å². The third-order valence-electron chi connectivity index (χ3n) is 5.67. The molecule has 2 heterocycles. The van der Waals surface area contributed by atoms with Crippen LogP contribution in [0.4, 0.5) is 4.79 Å². The van der Waals surface area contributed by atoms with Crippen LogP contribution in [0.3, 0.4) is 0 Å². The Hall–Kier alpha value is -1.80. The number of piperidine rings is 1. The highest BCUT2D eigenvalue weighted by Gasteiger charge is 2.40. The van der Waals surface area contributed by atoms with E-state index >= 15 is 0 Å². The second-order valence-corrected chi connectivity index (χ2v) is 10.3. The van der Waals surface area contributed by atoms with Gasteiger partial charge in [-0.2, -0.15) is 4.31 Å². The molecule has 2 aromatic rings. The number of sulfonamides is 1. The van der Waals surface area contributed by atoms with Gasteiger partial charge in [0, 0.05) is 24.2 Å². The van der Waals surface area contributed by atoms with E-state index in [2.05, 4.69) is 0 Å². The van der Waals surface area contributed by atoms with Crippen molar-refractivity contribution in [2.75, 3.05) is 19.6 Å². The Bertz CT molecular complexity index is 1030. The maximum Gasteiger partial charge on any atom is 0.410 e. The normalized spacial score (nSPS) is 21.1. The highest BCUT2D eigenvalue weighted by atomic mass is 35.5. The van der Waals surface area contributed by atoms with Crippen LogP contribution in [-0.2, 0) is 14.8 Å². The van der Waals surface area contributed by atoms with Crippen molar-refractivity contribution in [3.63, 3.8) is 0 Å². The van der Waals surface area contributed by atoms with Crippen molar-refractivity contribution in [3.05, 3.63) is 63.6 Å². The zero-order chi connectivity index (χ0) is 21.5. The van der Waals surface area contributed by atoms with Crippen molar-refractivity contribution >= 4 is 39.3 Å². The molecule has 1 atom stereocenters. The lowest BCUT2D eigenvalue weighted by Crippen LogP contribution is -2.47. The molecule has 0 bridgehead atoms. The first-order valence-electron chi connectivity index (χ1n) is 9.75. The summed E-state index contributed by atoms with van der Waals surface area (Å²) in [5.41, 5.74) is 1.48. The molecule has 160 valence electrons. The first kappa shape index (κ1) is 21.4. The molecule has 2 aromatic carbocycles. The van der Waals surface area contributed by atoms with Gasteiger partial charge in [0.25, 0.3) is 0 Å². The van der Waals surface area contributed by atoms with Gasteiger partial charge in [-0.3, -0.25) is 0 Å². The highest BCUT2D eigenvalue weighted by molar-refractivity contribution is 7.89. The Balaban J connectivity index is 1.45. The molecule has 0 aliphatic carbocycles. The lowest BCUT2D eigenvalue weighted by Gasteiger charge is -2.35. The molecule has 4 rings (SSSR count). The maximum atomic E-state index is 13.2. The lowest BCUT2D eigenvalue weighted by molar-refractivity contribution is 0.121. The Morgan fingerprint density at radius 2 is 1.73 bits per heavy atom. The number of halogens is 2. The molecular weight excluding hydrogens is 447 g/mol. The Morgan fingerprint density at radius 3 is 2.37 bits per heavy atom. The molecule has 2 aliphatic heterocycles. The molecule has 30 heavy (non-hydrogen) atoms. The summed E-state index contributed by atoms with van der Waals surface area (Å²) < 4.78 is 33.3. The molecule has 2 saturated heterocycles. The summed E-state index contributed by atoms with van der Waals surface area (Å²) in [4.78, 5) is 14.2. The van der Waals surface area contributed by atoms with Crippen molar-refractivity contribution < 1.29 is 17.9 Å². The van der Waals surface area contributed by atoms with E-state index in [1.54, 1.807) is 17.9 Å². The van der Waals surface area contributed by atoms with E-state index in [-0.39, 0.29) is 28.2 Å². The molecule has 2 fully saturated rings. The zero-order valence-corrected chi connectivity index (χ0v) is 18.8. The van der Waals surface area contributed by atoms with E-state index in [0.29, 0.717) is 43.1 Å². The van der Waals surface area contributed by atoms with Crippen LogP contribution in [0.5, 0.6) is 0 Å². The van der Waals surface area contributed by atoms with Gasteiger partial charge in [-0.15, -0.1) is 0 Å².